The van der Waals surface area contributed by atoms with E-state index in [1.807, 2.05) is 12.4 Å². The third kappa shape index (κ3) is 6.57. The van der Waals surface area contributed by atoms with Gasteiger partial charge in [-0.2, -0.15) is 0 Å². The zero-order valence-corrected chi connectivity index (χ0v) is 23.2. The Hall–Kier alpha value is -2.62. The lowest BCUT2D eigenvalue weighted by atomic mass is 9.90. The number of nitrogens with zero attached hydrogens (tertiary/aromatic N) is 2. The maximum Gasteiger partial charge on any atom is 0.127 e. The fraction of sp³-hybridized carbons (Fsp3) is 0.562. The molecule has 3 rings (SSSR count). The first-order valence-electron chi connectivity index (χ1n) is 14.1. The van der Waals surface area contributed by atoms with Crippen LogP contribution in [-0.2, 0) is 12.8 Å². The second-order valence-electron chi connectivity index (χ2n) is 10.5. The second-order valence-corrected chi connectivity index (χ2v) is 10.5. The minimum Gasteiger partial charge on any atom is -0.507 e. The Morgan fingerprint density at radius 1 is 0.722 bits per heavy atom. The lowest BCUT2D eigenvalue weighted by molar-refractivity contribution is 0.390. The Bertz CT molecular complexity index is 987. The molecule has 36 heavy (non-hydrogen) atoms. The van der Waals surface area contributed by atoms with Crippen LogP contribution in [0.1, 0.15) is 125 Å². The van der Waals surface area contributed by atoms with Gasteiger partial charge < -0.3 is 10.2 Å². The van der Waals surface area contributed by atoms with Crippen molar-refractivity contribution in [3.63, 3.8) is 0 Å². The first-order chi connectivity index (χ1) is 17.3. The van der Waals surface area contributed by atoms with Crippen LogP contribution in [0.15, 0.2) is 34.3 Å². The zero-order valence-electron chi connectivity index (χ0n) is 23.2. The molecule has 0 heterocycles. The zero-order chi connectivity index (χ0) is 26.2. The third-order valence-electron chi connectivity index (χ3n) is 8.11. The molecule has 0 amide bonds. The van der Waals surface area contributed by atoms with E-state index in [-0.39, 0.29) is 12.1 Å². The molecule has 0 radical (unpaired) electrons. The van der Waals surface area contributed by atoms with E-state index in [0.29, 0.717) is 23.3 Å². The van der Waals surface area contributed by atoms with Crippen molar-refractivity contribution in [1.29, 1.82) is 0 Å². The highest BCUT2D eigenvalue weighted by Gasteiger charge is 2.24. The molecule has 0 aliphatic heterocycles. The average molecular weight is 491 g/mol. The second kappa shape index (κ2) is 13.1. The molecule has 0 bridgehead atoms. The molecule has 196 valence electrons. The van der Waals surface area contributed by atoms with Crippen LogP contribution in [-0.4, -0.2) is 34.7 Å². The molecule has 1 aliphatic carbocycles. The molecule has 4 unspecified atom stereocenters. The summed E-state index contributed by atoms with van der Waals surface area (Å²) >= 11 is 0. The van der Waals surface area contributed by atoms with E-state index >= 15 is 0 Å². The minimum absolute atomic E-state index is 0.0808. The number of rotatable bonds is 10. The molecule has 4 nitrogen and oxygen atoms in total. The summed E-state index contributed by atoms with van der Waals surface area (Å²) in [4.78, 5) is 9.93. The van der Waals surface area contributed by atoms with Crippen molar-refractivity contribution in [1.82, 2.24) is 0 Å². The molecule has 1 fully saturated rings. The Balaban J connectivity index is 1.88. The summed E-state index contributed by atoms with van der Waals surface area (Å²) in [7, 11) is 0. The molecule has 0 saturated heterocycles. The van der Waals surface area contributed by atoms with Crippen LogP contribution in [0.2, 0.25) is 0 Å². The largest absolute Gasteiger partial charge is 0.507 e. The average Bonchev–Trinajstić information content (AvgIpc) is 2.91. The predicted octanol–water partition coefficient (Wildman–Crippen LogP) is 8.10. The molecule has 2 aromatic rings. The highest BCUT2D eigenvalue weighted by Crippen LogP contribution is 2.32. The number of aryl methyl sites for hydroxylation is 2. The summed E-state index contributed by atoms with van der Waals surface area (Å²) in [6, 6.07) is 8.63. The standard InChI is InChI=1S/C32H46N2O2/c1-7-21(5)25-15-23(9-3)31(35)27(17-25)19-33-29-13-11-12-14-30(29)34-20-28-18-26(22(6)8-2)16-24(10-4)32(28)36/h15-22,29-30,35-36H,7-14H2,1-6H3. The molecule has 1 aliphatic rings. The van der Waals surface area contributed by atoms with Crippen molar-refractivity contribution in [2.75, 3.05) is 0 Å². The van der Waals surface area contributed by atoms with Gasteiger partial charge in [0, 0.05) is 23.6 Å². The number of phenolic OH excluding ortho intramolecular Hbond substituents is 2. The summed E-state index contributed by atoms with van der Waals surface area (Å²) in [5.74, 6) is 1.59. The van der Waals surface area contributed by atoms with Crippen molar-refractivity contribution < 1.29 is 10.2 Å². The van der Waals surface area contributed by atoms with Crippen LogP contribution in [0.25, 0.3) is 0 Å². The summed E-state index contributed by atoms with van der Waals surface area (Å²) in [6.45, 7) is 13.0. The van der Waals surface area contributed by atoms with Gasteiger partial charge in [-0.05, 0) is 84.7 Å². The molecule has 0 spiro atoms. The van der Waals surface area contributed by atoms with Crippen LogP contribution in [0.5, 0.6) is 11.5 Å². The van der Waals surface area contributed by atoms with Crippen LogP contribution in [0, 0.1) is 0 Å². The molecule has 1 saturated carbocycles. The van der Waals surface area contributed by atoms with Crippen molar-refractivity contribution >= 4 is 12.4 Å². The topological polar surface area (TPSA) is 65.2 Å². The number of aliphatic imine (C=N–C) groups is 2. The van der Waals surface area contributed by atoms with Gasteiger partial charge in [0.15, 0.2) is 0 Å². The van der Waals surface area contributed by atoms with Gasteiger partial charge in [-0.1, -0.05) is 66.5 Å². The Morgan fingerprint density at radius 2 is 1.11 bits per heavy atom. The van der Waals surface area contributed by atoms with Crippen molar-refractivity contribution in [2.45, 2.75) is 117 Å². The Labute approximate surface area is 218 Å². The van der Waals surface area contributed by atoms with E-state index in [9.17, 15) is 10.2 Å². The maximum absolute atomic E-state index is 10.8. The monoisotopic (exact) mass is 490 g/mol. The van der Waals surface area contributed by atoms with E-state index in [1.165, 1.54) is 11.1 Å². The Morgan fingerprint density at radius 3 is 1.44 bits per heavy atom. The Kier molecular flexibility index (Phi) is 10.2. The number of hydrogen-bond acceptors (Lipinski definition) is 4. The fourth-order valence-corrected chi connectivity index (χ4v) is 5.06. The first kappa shape index (κ1) is 28.0. The molecule has 2 aromatic carbocycles. The lowest BCUT2D eigenvalue weighted by Crippen LogP contribution is -2.27. The van der Waals surface area contributed by atoms with E-state index in [4.69, 9.17) is 9.98 Å². The van der Waals surface area contributed by atoms with Crippen LogP contribution < -0.4 is 0 Å². The van der Waals surface area contributed by atoms with Gasteiger partial charge in [-0.15, -0.1) is 0 Å². The molecular weight excluding hydrogens is 444 g/mol. The number of hydrogen-bond donors (Lipinski definition) is 2. The molecule has 4 atom stereocenters. The normalized spacial score (nSPS) is 20.3. The van der Waals surface area contributed by atoms with E-state index < -0.39 is 0 Å². The van der Waals surface area contributed by atoms with Gasteiger partial charge in [0.1, 0.15) is 11.5 Å². The highest BCUT2D eigenvalue weighted by molar-refractivity contribution is 5.86. The molecular formula is C32H46N2O2. The summed E-state index contributed by atoms with van der Waals surface area (Å²) in [5, 5.41) is 21.7. The maximum atomic E-state index is 10.8. The third-order valence-corrected chi connectivity index (χ3v) is 8.11. The van der Waals surface area contributed by atoms with Gasteiger partial charge in [0.25, 0.3) is 0 Å². The number of phenols is 2. The van der Waals surface area contributed by atoms with Crippen LogP contribution in [0.4, 0.5) is 0 Å². The van der Waals surface area contributed by atoms with Crippen LogP contribution >= 0.6 is 0 Å². The van der Waals surface area contributed by atoms with E-state index in [2.05, 4.69) is 65.8 Å². The molecule has 0 aromatic heterocycles. The van der Waals surface area contributed by atoms with E-state index in [1.54, 1.807) is 0 Å². The SMILES string of the molecule is CCc1cc(C(C)CC)cc(C=NC2CCCCC2N=Cc2cc(C(C)CC)cc(CC)c2O)c1O. The number of aromatic hydroxyl groups is 2. The predicted molar refractivity (Wildman–Crippen MR) is 154 cm³/mol. The first-order valence-corrected chi connectivity index (χ1v) is 14.1. The highest BCUT2D eigenvalue weighted by atomic mass is 16.3. The van der Waals surface area contributed by atoms with Gasteiger partial charge in [-0.25, -0.2) is 0 Å². The minimum atomic E-state index is 0.0808. The fourth-order valence-electron chi connectivity index (χ4n) is 5.06. The van der Waals surface area contributed by atoms with Crippen LogP contribution in [0.3, 0.4) is 0 Å². The smallest absolute Gasteiger partial charge is 0.127 e. The number of benzene rings is 2. The van der Waals surface area contributed by atoms with Gasteiger partial charge in [0.2, 0.25) is 0 Å². The summed E-state index contributed by atoms with van der Waals surface area (Å²) in [5.41, 5.74) is 6.10. The quantitative estimate of drug-likeness (QED) is 0.330. The van der Waals surface area contributed by atoms with Crippen molar-refractivity contribution in [3.05, 3.63) is 57.6 Å². The van der Waals surface area contributed by atoms with Crippen molar-refractivity contribution in [3.8, 4) is 11.5 Å². The van der Waals surface area contributed by atoms with Gasteiger partial charge in [-0.3, -0.25) is 9.98 Å². The molecule has 2 N–H and O–H groups in total. The van der Waals surface area contributed by atoms with Gasteiger partial charge in [0.05, 0.1) is 12.1 Å². The lowest BCUT2D eigenvalue weighted by Gasteiger charge is -2.25. The molecule has 4 heteroatoms. The van der Waals surface area contributed by atoms with E-state index in [0.717, 1.165) is 73.6 Å². The summed E-state index contributed by atoms with van der Waals surface area (Å²) in [6.07, 6.45) is 11.7. The van der Waals surface area contributed by atoms with Gasteiger partial charge >= 0.3 is 0 Å². The summed E-state index contributed by atoms with van der Waals surface area (Å²) < 4.78 is 0. The van der Waals surface area contributed by atoms with Crippen molar-refractivity contribution in [2.24, 2.45) is 9.98 Å².